The molecule has 0 radical (unpaired) electrons. The number of hydrogen-bond acceptors (Lipinski definition) is 3. The van der Waals surface area contributed by atoms with Crippen LogP contribution in [0.2, 0.25) is 0 Å². The molecule has 2 unspecified atom stereocenters. The first-order valence-electron chi connectivity index (χ1n) is 8.53. The summed E-state index contributed by atoms with van der Waals surface area (Å²) in [4.78, 5) is 26.3. The zero-order chi connectivity index (χ0) is 14.7. The van der Waals surface area contributed by atoms with Gasteiger partial charge in [0.25, 0.3) is 0 Å². The fraction of sp³-hybridized carbons (Fsp3) is 0.875. The number of amides is 2. The second-order valence-electron chi connectivity index (χ2n) is 6.78. The summed E-state index contributed by atoms with van der Waals surface area (Å²) in [7, 11) is 0. The SMILES string of the molecule is Cl.O=C1CN(C(=O)CCC2CCNCC2)C2CCCCC2N1. The molecule has 3 aliphatic rings. The maximum atomic E-state index is 12.6. The van der Waals surface area contributed by atoms with Crippen LogP contribution in [0, 0.1) is 5.92 Å². The van der Waals surface area contributed by atoms with Gasteiger partial charge in [-0.25, -0.2) is 0 Å². The molecule has 0 spiro atoms. The Labute approximate surface area is 139 Å². The number of nitrogens with one attached hydrogen (secondary N) is 2. The third kappa shape index (κ3) is 4.13. The monoisotopic (exact) mass is 329 g/mol. The molecule has 3 rings (SSSR count). The van der Waals surface area contributed by atoms with Crippen molar-refractivity contribution in [2.45, 2.75) is 63.5 Å². The van der Waals surface area contributed by atoms with Gasteiger partial charge in [-0.05, 0) is 51.1 Å². The maximum absolute atomic E-state index is 12.6. The van der Waals surface area contributed by atoms with Gasteiger partial charge in [0.1, 0.15) is 0 Å². The van der Waals surface area contributed by atoms with Crippen molar-refractivity contribution >= 4 is 24.2 Å². The van der Waals surface area contributed by atoms with E-state index in [0.717, 1.165) is 32.4 Å². The van der Waals surface area contributed by atoms with Crippen LogP contribution in [-0.4, -0.2) is 48.4 Å². The fourth-order valence-corrected chi connectivity index (χ4v) is 4.09. The number of carbonyl (C=O) groups excluding carboxylic acids is 2. The zero-order valence-corrected chi connectivity index (χ0v) is 14.0. The highest BCUT2D eigenvalue weighted by Crippen LogP contribution is 2.27. The molecule has 6 heteroatoms. The van der Waals surface area contributed by atoms with E-state index in [2.05, 4.69) is 10.6 Å². The van der Waals surface area contributed by atoms with Gasteiger partial charge in [0, 0.05) is 12.5 Å². The smallest absolute Gasteiger partial charge is 0.239 e. The lowest BCUT2D eigenvalue weighted by atomic mass is 9.87. The minimum absolute atomic E-state index is 0. The maximum Gasteiger partial charge on any atom is 0.239 e. The van der Waals surface area contributed by atoms with E-state index < -0.39 is 0 Å². The third-order valence-electron chi connectivity index (χ3n) is 5.34. The van der Waals surface area contributed by atoms with Gasteiger partial charge < -0.3 is 15.5 Å². The van der Waals surface area contributed by atoms with Crippen molar-refractivity contribution in [2.24, 2.45) is 5.92 Å². The van der Waals surface area contributed by atoms with Crippen molar-refractivity contribution in [3.8, 4) is 0 Å². The van der Waals surface area contributed by atoms with E-state index in [9.17, 15) is 9.59 Å². The summed E-state index contributed by atoms with van der Waals surface area (Å²) < 4.78 is 0. The number of nitrogens with zero attached hydrogens (tertiary/aromatic N) is 1. The van der Waals surface area contributed by atoms with Crippen LogP contribution < -0.4 is 10.6 Å². The van der Waals surface area contributed by atoms with Crippen LogP contribution in [0.4, 0.5) is 0 Å². The molecule has 2 saturated heterocycles. The van der Waals surface area contributed by atoms with Crippen LogP contribution >= 0.6 is 12.4 Å². The Morgan fingerprint density at radius 3 is 2.64 bits per heavy atom. The lowest BCUT2D eigenvalue weighted by Gasteiger charge is -2.44. The third-order valence-corrected chi connectivity index (χ3v) is 5.34. The molecule has 3 fully saturated rings. The van der Waals surface area contributed by atoms with E-state index >= 15 is 0 Å². The molecule has 2 heterocycles. The number of hydrogen-bond donors (Lipinski definition) is 2. The number of piperidine rings is 1. The van der Waals surface area contributed by atoms with Crippen LogP contribution in [0.15, 0.2) is 0 Å². The molecule has 2 aliphatic heterocycles. The molecule has 1 aliphatic carbocycles. The molecule has 5 nitrogen and oxygen atoms in total. The van der Waals surface area contributed by atoms with Gasteiger partial charge >= 0.3 is 0 Å². The number of carbonyl (C=O) groups is 2. The molecule has 0 aromatic rings. The van der Waals surface area contributed by atoms with E-state index in [1.807, 2.05) is 4.90 Å². The number of halogens is 1. The average Bonchev–Trinajstić information content (AvgIpc) is 2.52. The molecular formula is C16H28ClN3O2. The Hall–Kier alpha value is -0.810. The van der Waals surface area contributed by atoms with Gasteiger partial charge in [0.15, 0.2) is 0 Å². The predicted molar refractivity (Wildman–Crippen MR) is 88.0 cm³/mol. The number of rotatable bonds is 3. The predicted octanol–water partition coefficient (Wildman–Crippen LogP) is 1.46. The topological polar surface area (TPSA) is 61.4 Å². The summed E-state index contributed by atoms with van der Waals surface area (Å²) >= 11 is 0. The molecular weight excluding hydrogens is 302 g/mol. The molecule has 126 valence electrons. The Bertz CT molecular complexity index is 399. The first-order chi connectivity index (χ1) is 10.2. The second kappa shape index (κ2) is 8.16. The Morgan fingerprint density at radius 2 is 1.86 bits per heavy atom. The molecule has 1 saturated carbocycles. The normalized spacial score (nSPS) is 29.3. The fourth-order valence-electron chi connectivity index (χ4n) is 4.09. The van der Waals surface area contributed by atoms with Crippen molar-refractivity contribution in [1.29, 1.82) is 0 Å². The summed E-state index contributed by atoms with van der Waals surface area (Å²) in [6, 6.07) is 0.444. The van der Waals surface area contributed by atoms with Crippen LogP contribution in [0.1, 0.15) is 51.4 Å². The van der Waals surface area contributed by atoms with Crippen LogP contribution in [0.5, 0.6) is 0 Å². The quantitative estimate of drug-likeness (QED) is 0.824. The van der Waals surface area contributed by atoms with Gasteiger partial charge in [-0.15, -0.1) is 12.4 Å². The molecule has 2 amide bonds. The summed E-state index contributed by atoms with van der Waals surface area (Å²) in [6.45, 7) is 2.43. The summed E-state index contributed by atoms with van der Waals surface area (Å²) in [6.07, 6.45) is 8.36. The van der Waals surface area contributed by atoms with Crippen molar-refractivity contribution in [1.82, 2.24) is 15.5 Å². The number of fused-ring (bicyclic) bond motifs is 1. The van der Waals surface area contributed by atoms with Gasteiger partial charge in [0.05, 0.1) is 12.6 Å². The Balaban J connectivity index is 0.00000176. The Morgan fingerprint density at radius 1 is 1.14 bits per heavy atom. The number of piperazine rings is 1. The molecule has 0 aromatic carbocycles. The van der Waals surface area contributed by atoms with Gasteiger partial charge in [-0.3, -0.25) is 9.59 Å². The van der Waals surface area contributed by atoms with Crippen molar-refractivity contribution in [2.75, 3.05) is 19.6 Å². The van der Waals surface area contributed by atoms with E-state index in [4.69, 9.17) is 0 Å². The summed E-state index contributed by atoms with van der Waals surface area (Å²) in [5.41, 5.74) is 0. The van der Waals surface area contributed by atoms with Crippen LogP contribution in [-0.2, 0) is 9.59 Å². The average molecular weight is 330 g/mol. The lowest BCUT2D eigenvalue weighted by molar-refractivity contribution is -0.144. The molecule has 22 heavy (non-hydrogen) atoms. The molecule has 0 bridgehead atoms. The van der Waals surface area contributed by atoms with Gasteiger partial charge in [0.2, 0.25) is 11.8 Å². The highest BCUT2D eigenvalue weighted by molar-refractivity contribution is 5.86. The first kappa shape index (κ1) is 17.5. The van der Waals surface area contributed by atoms with Crippen molar-refractivity contribution < 1.29 is 9.59 Å². The summed E-state index contributed by atoms with van der Waals surface area (Å²) in [5, 5.41) is 6.43. The minimum atomic E-state index is 0. The largest absolute Gasteiger partial charge is 0.350 e. The van der Waals surface area contributed by atoms with Crippen molar-refractivity contribution in [3.63, 3.8) is 0 Å². The minimum Gasteiger partial charge on any atom is -0.350 e. The zero-order valence-electron chi connectivity index (χ0n) is 13.2. The highest BCUT2D eigenvalue weighted by atomic mass is 35.5. The first-order valence-corrected chi connectivity index (χ1v) is 8.53. The molecule has 0 aromatic heterocycles. The van der Waals surface area contributed by atoms with E-state index in [1.54, 1.807) is 0 Å². The van der Waals surface area contributed by atoms with Gasteiger partial charge in [-0.2, -0.15) is 0 Å². The highest BCUT2D eigenvalue weighted by Gasteiger charge is 2.38. The standard InChI is InChI=1S/C16H27N3O2.ClH/c20-15-11-19(14-4-2-1-3-13(14)18-15)16(21)6-5-12-7-9-17-10-8-12;/h12-14,17H,1-11H2,(H,18,20);1H. The Kier molecular flexibility index (Phi) is 6.50. The molecule has 2 atom stereocenters. The second-order valence-corrected chi connectivity index (χ2v) is 6.78. The van der Waals surface area contributed by atoms with Gasteiger partial charge in [-0.1, -0.05) is 12.8 Å². The van der Waals surface area contributed by atoms with Crippen LogP contribution in [0.25, 0.3) is 0 Å². The van der Waals surface area contributed by atoms with Crippen LogP contribution in [0.3, 0.4) is 0 Å². The molecule has 2 N–H and O–H groups in total. The lowest BCUT2D eigenvalue weighted by Crippen LogP contribution is -2.62. The van der Waals surface area contributed by atoms with Crippen molar-refractivity contribution in [3.05, 3.63) is 0 Å². The van der Waals surface area contributed by atoms with E-state index in [1.165, 1.54) is 25.7 Å². The van der Waals surface area contributed by atoms with E-state index in [0.29, 0.717) is 12.3 Å². The van der Waals surface area contributed by atoms with E-state index in [-0.39, 0.29) is 42.8 Å². The summed E-state index contributed by atoms with van der Waals surface area (Å²) in [5.74, 6) is 0.893.